The van der Waals surface area contributed by atoms with Crippen molar-refractivity contribution in [3.05, 3.63) is 53.3 Å². The van der Waals surface area contributed by atoms with Crippen molar-refractivity contribution < 1.29 is 4.79 Å². The maximum absolute atomic E-state index is 12.6. The average Bonchev–Trinajstić information content (AvgIpc) is 2.55. The topological polar surface area (TPSA) is 45.2 Å². The largest absolute Gasteiger partial charge is 0.354 e. The molecule has 0 spiro atoms. The zero-order valence-corrected chi connectivity index (χ0v) is 13.9. The first-order chi connectivity index (χ1) is 11.1. The van der Waals surface area contributed by atoms with Crippen LogP contribution in [0.4, 0.5) is 11.4 Å². The summed E-state index contributed by atoms with van der Waals surface area (Å²) in [5.74, 6) is 0.757. The van der Waals surface area contributed by atoms with Gasteiger partial charge in [-0.15, -0.1) is 0 Å². The summed E-state index contributed by atoms with van der Waals surface area (Å²) in [5.41, 5.74) is 2.27. The molecule has 0 unspecified atom stereocenters. The average molecular weight is 330 g/mol. The van der Waals surface area contributed by atoms with Gasteiger partial charge in [0.25, 0.3) is 5.91 Å². The number of piperidine rings is 1. The normalized spacial score (nSPS) is 15.5. The zero-order valence-electron chi connectivity index (χ0n) is 13.1. The molecule has 0 radical (unpaired) electrons. The predicted molar refractivity (Wildman–Crippen MR) is 93.3 cm³/mol. The van der Waals surface area contributed by atoms with Crippen LogP contribution in [-0.2, 0) is 0 Å². The van der Waals surface area contributed by atoms with Crippen LogP contribution in [0.2, 0.25) is 5.02 Å². The summed E-state index contributed by atoms with van der Waals surface area (Å²) in [7, 11) is 0. The molecule has 0 saturated carbocycles. The van der Waals surface area contributed by atoms with Crippen LogP contribution in [0.5, 0.6) is 0 Å². The number of amides is 1. The lowest BCUT2D eigenvalue weighted by molar-refractivity contribution is 0.0697. The molecule has 5 heteroatoms. The van der Waals surface area contributed by atoms with Crippen molar-refractivity contribution in [2.45, 2.75) is 19.8 Å². The molecule has 120 valence electrons. The number of pyridine rings is 1. The number of hydrogen-bond donors (Lipinski definition) is 1. The molecule has 0 bridgehead atoms. The highest BCUT2D eigenvalue weighted by atomic mass is 35.5. The first-order valence-corrected chi connectivity index (χ1v) is 8.26. The van der Waals surface area contributed by atoms with Crippen LogP contribution in [0.1, 0.15) is 30.1 Å². The summed E-state index contributed by atoms with van der Waals surface area (Å²) in [4.78, 5) is 18.7. The SMILES string of the molecule is CC1CCN(C(=O)c2cncc(Nc3cccc(Cl)c3)c2)CC1. The van der Waals surface area contributed by atoms with Crippen molar-refractivity contribution >= 4 is 28.9 Å². The maximum Gasteiger partial charge on any atom is 0.255 e. The van der Waals surface area contributed by atoms with E-state index in [2.05, 4.69) is 17.2 Å². The van der Waals surface area contributed by atoms with Gasteiger partial charge in [0, 0.05) is 30.0 Å². The molecule has 1 aromatic heterocycles. The van der Waals surface area contributed by atoms with Gasteiger partial charge in [-0.3, -0.25) is 9.78 Å². The standard InChI is InChI=1S/C18H20ClN3O/c1-13-5-7-22(8-6-13)18(23)14-9-17(12-20-11-14)21-16-4-2-3-15(19)10-16/h2-4,9-13,21H,5-8H2,1H3. The number of nitrogens with one attached hydrogen (secondary N) is 1. The second-order valence-electron chi connectivity index (χ2n) is 6.07. The summed E-state index contributed by atoms with van der Waals surface area (Å²) >= 11 is 5.99. The first-order valence-electron chi connectivity index (χ1n) is 7.89. The van der Waals surface area contributed by atoms with E-state index in [1.54, 1.807) is 12.4 Å². The molecule has 3 rings (SSSR count). The molecule has 1 aromatic carbocycles. The van der Waals surface area contributed by atoms with E-state index >= 15 is 0 Å². The molecular formula is C18H20ClN3O. The van der Waals surface area contributed by atoms with Crippen molar-refractivity contribution in [3.63, 3.8) is 0 Å². The van der Waals surface area contributed by atoms with Crippen LogP contribution >= 0.6 is 11.6 Å². The number of anilines is 2. The lowest BCUT2D eigenvalue weighted by Gasteiger charge is -2.30. The molecule has 0 aliphatic carbocycles. The number of benzene rings is 1. The Labute approximate surface area is 141 Å². The zero-order chi connectivity index (χ0) is 16.2. The highest BCUT2D eigenvalue weighted by Gasteiger charge is 2.21. The van der Waals surface area contributed by atoms with Gasteiger partial charge in [-0.1, -0.05) is 24.6 Å². The number of likely N-dealkylation sites (tertiary alicyclic amines) is 1. The Morgan fingerprint density at radius 2 is 2.00 bits per heavy atom. The van der Waals surface area contributed by atoms with E-state index in [1.165, 1.54) is 0 Å². The minimum Gasteiger partial charge on any atom is -0.354 e. The predicted octanol–water partition coefficient (Wildman–Crippen LogP) is 4.35. The Bertz CT molecular complexity index is 696. The Hall–Kier alpha value is -2.07. The Kier molecular flexibility index (Phi) is 4.82. The summed E-state index contributed by atoms with van der Waals surface area (Å²) < 4.78 is 0. The van der Waals surface area contributed by atoms with Crippen LogP contribution in [0.15, 0.2) is 42.7 Å². The van der Waals surface area contributed by atoms with Crippen molar-refractivity contribution in [3.8, 4) is 0 Å². The van der Waals surface area contributed by atoms with Crippen LogP contribution in [0, 0.1) is 5.92 Å². The smallest absolute Gasteiger partial charge is 0.255 e. The summed E-state index contributed by atoms with van der Waals surface area (Å²) in [5, 5.41) is 3.90. The number of rotatable bonds is 3. The summed E-state index contributed by atoms with van der Waals surface area (Å²) in [6.45, 7) is 3.89. The molecule has 4 nitrogen and oxygen atoms in total. The highest BCUT2D eigenvalue weighted by Crippen LogP contribution is 2.22. The number of nitrogens with zero attached hydrogens (tertiary/aromatic N) is 2. The third-order valence-electron chi connectivity index (χ3n) is 4.17. The van der Waals surface area contributed by atoms with Gasteiger partial charge >= 0.3 is 0 Å². The molecule has 2 aromatic rings. The molecule has 0 atom stereocenters. The molecule has 2 heterocycles. The third-order valence-corrected chi connectivity index (χ3v) is 4.40. The monoisotopic (exact) mass is 329 g/mol. The van der Waals surface area contributed by atoms with Gasteiger partial charge in [0.2, 0.25) is 0 Å². The number of aromatic nitrogens is 1. The number of halogens is 1. The minimum absolute atomic E-state index is 0.0548. The number of carbonyl (C=O) groups is 1. The summed E-state index contributed by atoms with van der Waals surface area (Å²) in [6, 6.07) is 9.30. The molecular weight excluding hydrogens is 310 g/mol. The van der Waals surface area contributed by atoms with Crippen LogP contribution in [-0.4, -0.2) is 28.9 Å². The van der Waals surface area contributed by atoms with E-state index in [4.69, 9.17) is 11.6 Å². The quantitative estimate of drug-likeness (QED) is 0.910. The van der Waals surface area contributed by atoms with Gasteiger partial charge < -0.3 is 10.2 Å². The molecule has 1 amide bonds. The van der Waals surface area contributed by atoms with Crippen molar-refractivity contribution in [1.29, 1.82) is 0 Å². The number of hydrogen-bond acceptors (Lipinski definition) is 3. The van der Waals surface area contributed by atoms with Gasteiger partial charge in [-0.2, -0.15) is 0 Å². The lowest BCUT2D eigenvalue weighted by Crippen LogP contribution is -2.37. The van der Waals surface area contributed by atoms with Crippen molar-refractivity contribution in [2.75, 3.05) is 18.4 Å². The number of carbonyl (C=O) groups excluding carboxylic acids is 1. The molecule has 1 fully saturated rings. The fourth-order valence-electron chi connectivity index (χ4n) is 2.75. The Morgan fingerprint density at radius 3 is 2.74 bits per heavy atom. The van der Waals surface area contributed by atoms with Gasteiger partial charge in [-0.05, 0) is 43.0 Å². The lowest BCUT2D eigenvalue weighted by atomic mass is 9.99. The van der Waals surface area contributed by atoms with E-state index in [1.807, 2.05) is 35.2 Å². The first kappa shape index (κ1) is 15.8. The Balaban J connectivity index is 1.73. The summed E-state index contributed by atoms with van der Waals surface area (Å²) in [6.07, 6.45) is 5.47. The van der Waals surface area contributed by atoms with E-state index in [9.17, 15) is 4.79 Å². The van der Waals surface area contributed by atoms with Gasteiger partial charge in [0.15, 0.2) is 0 Å². The third kappa shape index (κ3) is 4.02. The molecule has 1 N–H and O–H groups in total. The van der Waals surface area contributed by atoms with Crippen LogP contribution in [0.25, 0.3) is 0 Å². The van der Waals surface area contributed by atoms with Gasteiger partial charge in [0.05, 0.1) is 17.4 Å². The van der Waals surface area contributed by atoms with E-state index in [-0.39, 0.29) is 5.91 Å². The van der Waals surface area contributed by atoms with Crippen LogP contribution in [0.3, 0.4) is 0 Å². The van der Waals surface area contributed by atoms with Gasteiger partial charge in [-0.25, -0.2) is 0 Å². The van der Waals surface area contributed by atoms with E-state index in [0.717, 1.165) is 37.3 Å². The van der Waals surface area contributed by atoms with Crippen LogP contribution < -0.4 is 5.32 Å². The van der Waals surface area contributed by atoms with Crippen molar-refractivity contribution in [1.82, 2.24) is 9.88 Å². The van der Waals surface area contributed by atoms with E-state index < -0.39 is 0 Å². The highest BCUT2D eigenvalue weighted by molar-refractivity contribution is 6.30. The second kappa shape index (κ2) is 7.01. The van der Waals surface area contributed by atoms with Crippen molar-refractivity contribution in [2.24, 2.45) is 5.92 Å². The molecule has 1 aliphatic rings. The molecule has 1 aliphatic heterocycles. The van der Waals surface area contributed by atoms with E-state index in [0.29, 0.717) is 16.5 Å². The fraction of sp³-hybridized carbons (Fsp3) is 0.333. The van der Waals surface area contributed by atoms with Gasteiger partial charge in [0.1, 0.15) is 0 Å². The molecule has 1 saturated heterocycles. The minimum atomic E-state index is 0.0548. The molecule has 23 heavy (non-hydrogen) atoms. The Morgan fingerprint density at radius 1 is 1.22 bits per heavy atom. The fourth-order valence-corrected chi connectivity index (χ4v) is 2.94. The second-order valence-corrected chi connectivity index (χ2v) is 6.51. The maximum atomic E-state index is 12.6.